The van der Waals surface area contributed by atoms with Gasteiger partial charge >= 0.3 is 6.03 Å². The third kappa shape index (κ3) is 5.14. The molecular weight excluding hydrogens is 511 g/mol. The molecule has 0 bridgehead atoms. The van der Waals surface area contributed by atoms with Gasteiger partial charge in [-0.05, 0) is 47.2 Å². The summed E-state index contributed by atoms with van der Waals surface area (Å²) in [6.45, 7) is -0.228. The van der Waals surface area contributed by atoms with Gasteiger partial charge in [0, 0.05) is 26.7 Å². The molecule has 5 rings (SSSR count). The number of hydrazone groups is 1. The molecule has 1 saturated heterocycles. The summed E-state index contributed by atoms with van der Waals surface area (Å²) in [4.78, 5) is 46.7. The third-order valence-corrected chi connectivity index (χ3v) is 6.12. The number of halogens is 1. The number of hydrogen-bond acceptors (Lipinski definition) is 10. The first-order chi connectivity index (χ1) is 18.7. The van der Waals surface area contributed by atoms with Crippen molar-refractivity contribution >= 4 is 30.1 Å². The number of aliphatic imine (C=N–C) groups is 1. The maximum Gasteiger partial charge on any atom is 0.328 e. The number of tetrazole rings is 1. The van der Waals surface area contributed by atoms with Crippen LogP contribution < -0.4 is 10.2 Å². The van der Waals surface area contributed by atoms with Gasteiger partial charge in [0.15, 0.2) is 12.2 Å². The summed E-state index contributed by atoms with van der Waals surface area (Å²) in [5, 5.41) is 15.8. The van der Waals surface area contributed by atoms with Crippen LogP contribution in [0, 0.1) is 5.82 Å². The highest BCUT2D eigenvalue weighted by atomic mass is 19.1. The predicted octanol–water partition coefficient (Wildman–Crippen LogP) is 0.528. The highest BCUT2D eigenvalue weighted by molar-refractivity contribution is 6.03. The van der Waals surface area contributed by atoms with Crippen molar-refractivity contribution in [3.8, 4) is 17.1 Å². The summed E-state index contributed by atoms with van der Waals surface area (Å²) in [7, 11) is 4.68. The fourth-order valence-electron chi connectivity index (χ4n) is 4.06. The van der Waals surface area contributed by atoms with E-state index in [2.05, 4.69) is 30.9 Å². The number of nitrogens with zero attached hydrogens (tertiary/aromatic N) is 9. The Balaban J connectivity index is 1.18. The first kappa shape index (κ1) is 25.4. The van der Waals surface area contributed by atoms with E-state index >= 15 is 0 Å². The number of rotatable bonds is 6. The van der Waals surface area contributed by atoms with Gasteiger partial charge in [-0.3, -0.25) is 14.5 Å². The summed E-state index contributed by atoms with van der Waals surface area (Å²) in [5.41, 5.74) is 3.57. The molecule has 1 aromatic heterocycles. The summed E-state index contributed by atoms with van der Waals surface area (Å²) in [5.74, 6) is -0.552. The highest BCUT2D eigenvalue weighted by Crippen LogP contribution is 2.27. The van der Waals surface area contributed by atoms with Crippen molar-refractivity contribution in [2.24, 2.45) is 10.1 Å². The van der Waals surface area contributed by atoms with E-state index in [-0.39, 0.29) is 30.1 Å². The summed E-state index contributed by atoms with van der Waals surface area (Å²) >= 11 is 0. The van der Waals surface area contributed by atoms with Gasteiger partial charge in [-0.15, -0.1) is 10.2 Å². The van der Waals surface area contributed by atoms with Crippen LogP contribution >= 0.6 is 0 Å². The largest absolute Gasteiger partial charge is 0.426 e. The molecule has 1 fully saturated rings. The maximum absolute atomic E-state index is 13.1. The maximum atomic E-state index is 13.1. The molecule has 0 aliphatic carbocycles. The molecule has 2 aliphatic rings. The fraction of sp³-hybridized carbons (Fsp3) is 0.250. The van der Waals surface area contributed by atoms with Gasteiger partial charge in [-0.2, -0.15) is 9.90 Å². The van der Waals surface area contributed by atoms with Gasteiger partial charge < -0.3 is 14.5 Å². The van der Waals surface area contributed by atoms with Crippen molar-refractivity contribution in [1.29, 1.82) is 0 Å². The number of urea groups is 1. The Kier molecular flexibility index (Phi) is 6.70. The molecule has 2 atom stereocenters. The van der Waals surface area contributed by atoms with Gasteiger partial charge in [0.25, 0.3) is 17.8 Å². The second-order valence-electron chi connectivity index (χ2n) is 8.79. The summed E-state index contributed by atoms with van der Waals surface area (Å²) < 4.78 is 19.0. The highest BCUT2D eigenvalue weighted by Gasteiger charge is 2.50. The zero-order chi connectivity index (χ0) is 27.7. The molecule has 200 valence electrons. The molecular formula is C24H23FN10O4. The van der Waals surface area contributed by atoms with E-state index in [0.717, 1.165) is 9.70 Å². The number of imide groups is 1. The van der Waals surface area contributed by atoms with Crippen LogP contribution in [0.2, 0.25) is 0 Å². The Morgan fingerprint density at radius 2 is 1.90 bits per heavy atom. The van der Waals surface area contributed by atoms with E-state index in [1.54, 1.807) is 43.3 Å². The Morgan fingerprint density at radius 1 is 1.13 bits per heavy atom. The van der Waals surface area contributed by atoms with Gasteiger partial charge in [0.2, 0.25) is 5.82 Å². The molecule has 4 amide bonds. The predicted molar refractivity (Wildman–Crippen MR) is 135 cm³/mol. The van der Waals surface area contributed by atoms with Gasteiger partial charge in [0.05, 0.1) is 6.21 Å². The van der Waals surface area contributed by atoms with E-state index in [0.29, 0.717) is 16.9 Å². The summed E-state index contributed by atoms with van der Waals surface area (Å²) in [6, 6.07) is 11.5. The van der Waals surface area contributed by atoms with Crippen molar-refractivity contribution in [2.45, 2.75) is 18.8 Å². The minimum atomic E-state index is -0.688. The lowest BCUT2D eigenvalue weighted by molar-refractivity contribution is -0.135. The number of benzene rings is 2. The van der Waals surface area contributed by atoms with Crippen LogP contribution in [0.1, 0.15) is 5.56 Å². The first-order valence-electron chi connectivity index (χ1n) is 11.7. The van der Waals surface area contributed by atoms with Crippen LogP contribution in [0.3, 0.4) is 0 Å². The molecule has 0 saturated carbocycles. The molecule has 0 radical (unpaired) electrons. The lowest BCUT2D eigenvalue weighted by atomic mass is 10.1. The van der Waals surface area contributed by atoms with Gasteiger partial charge in [0.1, 0.15) is 18.1 Å². The minimum absolute atomic E-state index is 0.191. The minimum Gasteiger partial charge on any atom is -0.426 e. The normalized spacial score (nSPS) is 19.0. The number of likely N-dealkylation sites (N-methyl/N-ethyl adjacent to an activating group) is 3. The molecule has 0 spiro atoms. The smallest absolute Gasteiger partial charge is 0.328 e. The van der Waals surface area contributed by atoms with Crippen LogP contribution in [0.5, 0.6) is 5.75 Å². The van der Waals surface area contributed by atoms with Crippen molar-refractivity contribution in [1.82, 2.24) is 40.3 Å². The number of carbonyl (C=O) groups is 3. The number of carbonyl (C=O) groups excluding carboxylic acids is 3. The first-order valence-corrected chi connectivity index (χ1v) is 11.7. The van der Waals surface area contributed by atoms with Crippen molar-refractivity contribution in [3.63, 3.8) is 0 Å². The van der Waals surface area contributed by atoms with Crippen LogP contribution in [0.4, 0.5) is 9.18 Å². The van der Waals surface area contributed by atoms with E-state index in [9.17, 15) is 18.8 Å². The number of ether oxygens (including phenoxy) is 1. The van der Waals surface area contributed by atoms with Crippen LogP contribution in [0.15, 0.2) is 58.6 Å². The van der Waals surface area contributed by atoms with E-state index in [4.69, 9.17) is 4.74 Å². The Labute approximate surface area is 221 Å². The standard InChI is InChI=1S/C24H23FN10O4/c1-32-19-21(33(2)24(38)34(3)22(19)37)27-23(32)39-17-6-4-5-14(11-17)12-26-28-18(36)13-35-30-20(29-31-35)15-7-9-16(25)10-8-15/h4-12,19,21H,13H2,1-3H3,(H,28,36). The second kappa shape index (κ2) is 10.3. The topological polar surface area (TPSA) is 151 Å². The molecule has 3 heterocycles. The molecule has 14 nitrogen and oxygen atoms in total. The van der Waals surface area contributed by atoms with Crippen molar-refractivity contribution in [2.75, 3.05) is 21.1 Å². The molecule has 15 heteroatoms. The Hall–Kier alpha value is -5.21. The SMILES string of the molecule is CN1C(=O)C2C(N=C(Oc3cccc(C=NNC(=O)Cn4nnc(-c5ccc(F)cc5)n4)c3)N2C)N(C)C1=O. The second-order valence-corrected chi connectivity index (χ2v) is 8.79. The Morgan fingerprint density at radius 3 is 2.67 bits per heavy atom. The number of aromatic nitrogens is 4. The quantitative estimate of drug-likeness (QED) is 0.355. The van der Waals surface area contributed by atoms with E-state index < -0.39 is 24.1 Å². The molecule has 3 aromatic rings. The number of amidine groups is 1. The van der Waals surface area contributed by atoms with Crippen molar-refractivity contribution < 1.29 is 23.5 Å². The van der Waals surface area contributed by atoms with Crippen LogP contribution in [-0.2, 0) is 16.1 Å². The molecule has 2 unspecified atom stereocenters. The molecule has 1 N–H and O–H groups in total. The molecule has 39 heavy (non-hydrogen) atoms. The zero-order valence-electron chi connectivity index (χ0n) is 21.1. The van der Waals surface area contributed by atoms with Crippen LogP contribution in [-0.4, -0.2) is 98.3 Å². The molecule has 2 aromatic carbocycles. The fourth-order valence-corrected chi connectivity index (χ4v) is 4.06. The Bertz CT molecular complexity index is 1490. The number of fused-ring (bicyclic) bond motifs is 1. The third-order valence-electron chi connectivity index (χ3n) is 6.12. The number of amides is 4. The van der Waals surface area contributed by atoms with Crippen LogP contribution in [0.25, 0.3) is 11.4 Å². The summed E-state index contributed by atoms with van der Waals surface area (Å²) in [6.07, 6.45) is 0.737. The van der Waals surface area contributed by atoms with Gasteiger partial charge in [-0.25, -0.2) is 19.6 Å². The zero-order valence-corrected chi connectivity index (χ0v) is 21.1. The lowest BCUT2D eigenvalue weighted by Crippen LogP contribution is -2.63. The average Bonchev–Trinajstić information content (AvgIpc) is 3.51. The van der Waals surface area contributed by atoms with Gasteiger partial charge in [-0.1, -0.05) is 12.1 Å². The number of nitrogens with one attached hydrogen (secondary N) is 1. The lowest BCUT2D eigenvalue weighted by Gasteiger charge is -2.38. The van der Waals surface area contributed by atoms with E-state index in [1.807, 2.05) is 0 Å². The van der Waals surface area contributed by atoms with Crippen molar-refractivity contribution in [3.05, 3.63) is 59.9 Å². The number of hydrogen-bond donors (Lipinski definition) is 1. The average molecular weight is 535 g/mol. The molecule has 2 aliphatic heterocycles. The van der Waals surface area contributed by atoms with E-state index in [1.165, 1.54) is 42.4 Å². The monoisotopic (exact) mass is 534 g/mol.